The zero-order valence-electron chi connectivity index (χ0n) is 9.50. The molecule has 2 rings (SSSR count). The third kappa shape index (κ3) is 2.51. The van der Waals surface area contributed by atoms with E-state index in [1.165, 1.54) is 17.4 Å². The molecule has 8 heteroatoms. The summed E-state index contributed by atoms with van der Waals surface area (Å²) in [5, 5.41) is 9.37. The van der Waals surface area contributed by atoms with Gasteiger partial charge in [0, 0.05) is 0 Å². The Bertz CT molecular complexity index is 685. The number of pyridine rings is 1. The first-order valence-corrected chi connectivity index (χ1v) is 6.92. The molecule has 0 aliphatic heterocycles. The number of hydrogen-bond donors (Lipinski definition) is 2. The van der Waals surface area contributed by atoms with Crippen LogP contribution in [-0.2, 0) is 0 Å². The molecule has 0 saturated heterocycles. The Hall–Kier alpha value is -1.01. The summed E-state index contributed by atoms with van der Waals surface area (Å²) in [7, 11) is 0. The topological polar surface area (TPSA) is 76.2 Å². The van der Waals surface area contributed by atoms with Crippen LogP contribution in [0.1, 0.15) is 16.1 Å². The van der Waals surface area contributed by atoms with Crippen molar-refractivity contribution < 1.29 is 9.90 Å². The Morgan fingerprint density at radius 3 is 2.47 bits per heavy atom. The van der Waals surface area contributed by atoms with Gasteiger partial charge in [0.05, 0.1) is 30.6 Å². The van der Waals surface area contributed by atoms with Crippen LogP contribution in [0.25, 0.3) is 10.6 Å². The Labute approximate surface area is 127 Å². The van der Waals surface area contributed by atoms with Crippen molar-refractivity contribution in [1.82, 2.24) is 4.98 Å². The number of halogens is 3. The van der Waals surface area contributed by atoms with Gasteiger partial charge in [0.25, 0.3) is 0 Å². The molecule has 0 atom stereocenters. The summed E-state index contributed by atoms with van der Waals surface area (Å²) in [5.41, 5.74) is 6.56. The van der Waals surface area contributed by atoms with E-state index in [1.807, 2.05) is 0 Å². The number of aromatic carboxylic acids is 1. The van der Waals surface area contributed by atoms with Crippen molar-refractivity contribution in [3.05, 3.63) is 31.7 Å². The predicted octanol–water partition coefficient (Wildman–Crippen LogP) is 4.36. The second-order valence-corrected chi connectivity index (χ2v) is 6.09. The fraction of sp³-hybridized carbons (Fsp3) is 0.0909. The molecule has 4 nitrogen and oxygen atoms in total. The minimum atomic E-state index is -1.26. The number of rotatable bonds is 2. The van der Waals surface area contributed by atoms with Crippen LogP contribution in [0.15, 0.2) is 6.07 Å². The number of anilines is 1. The summed E-state index contributed by atoms with van der Waals surface area (Å²) in [6.45, 7) is 1.77. The minimum Gasteiger partial charge on any atom is -0.476 e. The molecule has 0 radical (unpaired) electrons. The molecule has 0 aromatic carbocycles. The third-order valence-corrected chi connectivity index (χ3v) is 5.04. The van der Waals surface area contributed by atoms with Crippen LogP contribution in [0.3, 0.4) is 0 Å². The number of carbonyl (C=O) groups is 1. The number of nitrogens with zero attached hydrogens (tertiary/aromatic N) is 1. The Balaban J connectivity index is 2.69. The average molecular weight is 338 g/mol. The zero-order valence-corrected chi connectivity index (χ0v) is 12.6. The highest BCUT2D eigenvalue weighted by molar-refractivity contribution is 7.20. The van der Waals surface area contributed by atoms with Crippen LogP contribution < -0.4 is 5.73 Å². The molecule has 0 spiro atoms. The number of hydrogen-bond acceptors (Lipinski definition) is 4. The van der Waals surface area contributed by atoms with Crippen molar-refractivity contribution in [1.29, 1.82) is 0 Å². The molecule has 2 aromatic rings. The molecule has 2 heterocycles. The lowest BCUT2D eigenvalue weighted by Gasteiger charge is -2.06. The summed E-state index contributed by atoms with van der Waals surface area (Å²) < 4.78 is 0.521. The summed E-state index contributed by atoms with van der Waals surface area (Å²) in [6.07, 6.45) is 0. The van der Waals surface area contributed by atoms with Crippen molar-refractivity contribution in [3.63, 3.8) is 0 Å². The SMILES string of the molecule is Cc1c(Cl)sc(-c2cc(N)c(Cl)c(C(=O)O)n2)c1Cl. The van der Waals surface area contributed by atoms with Crippen molar-refractivity contribution >= 4 is 57.8 Å². The molecule has 0 amide bonds. The second-order valence-electron chi connectivity index (χ2n) is 3.71. The largest absolute Gasteiger partial charge is 0.476 e. The maximum atomic E-state index is 11.1. The lowest BCUT2D eigenvalue weighted by molar-refractivity contribution is 0.0691. The predicted molar refractivity (Wildman–Crippen MR) is 78.7 cm³/mol. The standard InChI is InChI=1S/C11H7Cl3N2O2S/c1-3-6(12)9(19-10(3)14)5-2-4(15)7(13)8(16-5)11(17)18/h2H,1H3,(H2,15,16)(H,17,18). The molecule has 0 aliphatic carbocycles. The van der Waals surface area contributed by atoms with Gasteiger partial charge in [-0.15, -0.1) is 11.3 Å². The Morgan fingerprint density at radius 2 is 2.00 bits per heavy atom. The van der Waals surface area contributed by atoms with E-state index in [-0.39, 0.29) is 16.4 Å². The number of thiophene rings is 1. The van der Waals surface area contributed by atoms with Crippen LogP contribution in [0, 0.1) is 6.92 Å². The van der Waals surface area contributed by atoms with Crippen LogP contribution in [0.5, 0.6) is 0 Å². The summed E-state index contributed by atoms with van der Waals surface area (Å²) in [4.78, 5) is 15.6. The molecule has 2 aromatic heterocycles. The number of nitrogens with two attached hydrogens (primary N) is 1. The Kier molecular flexibility index (Phi) is 3.92. The van der Waals surface area contributed by atoms with E-state index < -0.39 is 5.97 Å². The van der Waals surface area contributed by atoms with Gasteiger partial charge >= 0.3 is 5.97 Å². The quantitative estimate of drug-likeness (QED) is 0.853. The maximum Gasteiger partial charge on any atom is 0.356 e. The molecule has 0 unspecified atom stereocenters. The van der Waals surface area contributed by atoms with E-state index in [0.29, 0.717) is 19.9 Å². The lowest BCUT2D eigenvalue weighted by Crippen LogP contribution is -2.05. The van der Waals surface area contributed by atoms with Crippen LogP contribution in [-0.4, -0.2) is 16.1 Å². The number of carboxylic acid groups (broad SMARTS) is 1. The first-order chi connectivity index (χ1) is 8.82. The summed E-state index contributed by atoms with van der Waals surface area (Å²) in [6, 6.07) is 1.47. The van der Waals surface area contributed by atoms with Gasteiger partial charge in [0.2, 0.25) is 0 Å². The minimum absolute atomic E-state index is 0.0910. The fourth-order valence-electron chi connectivity index (χ4n) is 1.44. The maximum absolute atomic E-state index is 11.1. The lowest BCUT2D eigenvalue weighted by atomic mass is 10.2. The smallest absolute Gasteiger partial charge is 0.356 e. The molecule has 0 bridgehead atoms. The molecular formula is C11H7Cl3N2O2S. The summed E-state index contributed by atoms with van der Waals surface area (Å²) >= 11 is 19.1. The highest BCUT2D eigenvalue weighted by Gasteiger charge is 2.20. The summed E-state index contributed by atoms with van der Waals surface area (Å²) in [5.74, 6) is -1.26. The van der Waals surface area contributed by atoms with Gasteiger partial charge in [-0.2, -0.15) is 0 Å². The molecule has 0 aliphatic rings. The normalized spacial score (nSPS) is 10.7. The highest BCUT2D eigenvalue weighted by atomic mass is 35.5. The molecule has 100 valence electrons. The van der Waals surface area contributed by atoms with E-state index in [9.17, 15) is 4.79 Å². The van der Waals surface area contributed by atoms with Gasteiger partial charge in [-0.05, 0) is 18.6 Å². The molecule has 3 N–H and O–H groups in total. The van der Waals surface area contributed by atoms with Gasteiger partial charge in [0.1, 0.15) is 0 Å². The average Bonchev–Trinajstić information content (AvgIpc) is 2.60. The van der Waals surface area contributed by atoms with E-state index in [4.69, 9.17) is 45.6 Å². The van der Waals surface area contributed by atoms with Gasteiger partial charge in [-0.1, -0.05) is 34.8 Å². The molecule has 0 saturated carbocycles. The second kappa shape index (κ2) is 5.17. The zero-order chi connectivity index (χ0) is 14.3. The third-order valence-electron chi connectivity index (χ3n) is 2.44. The first kappa shape index (κ1) is 14.4. The van der Waals surface area contributed by atoms with Crippen molar-refractivity contribution in [2.24, 2.45) is 0 Å². The van der Waals surface area contributed by atoms with Gasteiger partial charge < -0.3 is 10.8 Å². The van der Waals surface area contributed by atoms with Crippen LogP contribution in [0.4, 0.5) is 5.69 Å². The van der Waals surface area contributed by atoms with E-state index in [0.717, 1.165) is 5.56 Å². The number of carboxylic acids is 1. The van der Waals surface area contributed by atoms with Gasteiger partial charge in [0.15, 0.2) is 5.69 Å². The molecular weight excluding hydrogens is 331 g/mol. The number of aromatic nitrogens is 1. The van der Waals surface area contributed by atoms with Crippen molar-refractivity contribution in [3.8, 4) is 10.6 Å². The monoisotopic (exact) mass is 336 g/mol. The highest BCUT2D eigenvalue weighted by Crippen LogP contribution is 2.42. The number of nitrogen functional groups attached to an aromatic ring is 1. The van der Waals surface area contributed by atoms with Gasteiger partial charge in [-0.25, -0.2) is 9.78 Å². The van der Waals surface area contributed by atoms with E-state index >= 15 is 0 Å². The van der Waals surface area contributed by atoms with Crippen molar-refractivity contribution in [2.75, 3.05) is 5.73 Å². The molecule has 0 fully saturated rings. The Morgan fingerprint density at radius 1 is 1.37 bits per heavy atom. The first-order valence-electron chi connectivity index (χ1n) is 4.97. The molecule has 19 heavy (non-hydrogen) atoms. The van der Waals surface area contributed by atoms with Gasteiger partial charge in [-0.3, -0.25) is 0 Å². The fourth-order valence-corrected chi connectivity index (χ4v) is 3.24. The van der Waals surface area contributed by atoms with Crippen LogP contribution >= 0.6 is 46.1 Å². The van der Waals surface area contributed by atoms with Crippen LogP contribution in [0.2, 0.25) is 14.4 Å². The van der Waals surface area contributed by atoms with Crippen molar-refractivity contribution in [2.45, 2.75) is 6.92 Å². The van der Waals surface area contributed by atoms with E-state index in [1.54, 1.807) is 6.92 Å². The van der Waals surface area contributed by atoms with E-state index in [2.05, 4.69) is 4.98 Å².